The first-order valence-corrected chi connectivity index (χ1v) is 3.94. The lowest BCUT2D eigenvalue weighted by Crippen LogP contribution is -2.11. The first-order chi connectivity index (χ1) is 5.11. The van der Waals surface area contributed by atoms with Gasteiger partial charge in [0.05, 0.1) is 0 Å². The molecule has 2 N–H and O–H groups in total. The molecule has 1 rings (SSSR count). The zero-order valence-electron chi connectivity index (χ0n) is 5.47. The van der Waals surface area contributed by atoms with Gasteiger partial charge in [0.1, 0.15) is 5.82 Å². The molecule has 0 heterocycles. The van der Waals surface area contributed by atoms with Crippen LogP contribution in [-0.4, -0.2) is 5.91 Å². The summed E-state index contributed by atoms with van der Waals surface area (Å²) in [5.41, 5.74) is 5.12. The van der Waals surface area contributed by atoms with Crippen LogP contribution in [0.1, 0.15) is 10.4 Å². The maximum Gasteiger partial charge on any atom is 0.248 e. The van der Waals surface area contributed by atoms with E-state index < -0.39 is 11.7 Å². The molecule has 0 saturated carbocycles. The Balaban J connectivity index is 3.15. The molecule has 0 saturated heterocycles. The lowest BCUT2D eigenvalue weighted by Gasteiger charge is -1.96. The van der Waals surface area contributed by atoms with E-state index in [9.17, 15) is 9.18 Å². The minimum absolute atomic E-state index is 0.197. The highest BCUT2D eigenvalue weighted by Gasteiger charge is 2.03. The van der Waals surface area contributed by atoms with Crippen LogP contribution in [0, 0.1) is 9.39 Å². The van der Waals surface area contributed by atoms with Gasteiger partial charge < -0.3 is 5.73 Å². The van der Waals surface area contributed by atoms with Crippen LogP contribution >= 0.6 is 22.6 Å². The molecule has 0 aliphatic carbocycles. The molecule has 1 aromatic carbocycles. The van der Waals surface area contributed by atoms with Gasteiger partial charge in [-0.25, -0.2) is 4.39 Å². The number of rotatable bonds is 1. The van der Waals surface area contributed by atoms with E-state index in [2.05, 4.69) is 0 Å². The van der Waals surface area contributed by atoms with E-state index >= 15 is 0 Å². The molecule has 0 spiro atoms. The molecule has 4 heteroatoms. The third-order valence-corrected chi connectivity index (χ3v) is 2.08. The molecule has 0 radical (unpaired) electrons. The molecule has 0 bridgehead atoms. The lowest BCUT2D eigenvalue weighted by molar-refractivity contribution is 0.1000. The summed E-state index contributed by atoms with van der Waals surface area (Å²) in [4.78, 5) is 10.5. The van der Waals surface area contributed by atoms with Gasteiger partial charge in [-0.15, -0.1) is 0 Å². The molecule has 58 valence electrons. The SMILES string of the molecule is NC(=O)c1ccc(I)c(F)c1. The van der Waals surface area contributed by atoms with Crippen LogP contribution in [0.3, 0.4) is 0 Å². The Labute approximate surface area is 76.7 Å². The monoisotopic (exact) mass is 265 g/mol. The first kappa shape index (κ1) is 8.45. The van der Waals surface area contributed by atoms with Crippen molar-refractivity contribution < 1.29 is 9.18 Å². The zero-order valence-corrected chi connectivity index (χ0v) is 7.63. The summed E-state index contributed by atoms with van der Waals surface area (Å²) in [5, 5.41) is 0. The minimum Gasteiger partial charge on any atom is -0.366 e. The fourth-order valence-corrected chi connectivity index (χ4v) is 0.985. The van der Waals surface area contributed by atoms with Gasteiger partial charge in [-0.1, -0.05) is 0 Å². The molecule has 0 atom stereocenters. The van der Waals surface area contributed by atoms with Crippen molar-refractivity contribution in [2.45, 2.75) is 0 Å². The van der Waals surface area contributed by atoms with Crippen LogP contribution in [-0.2, 0) is 0 Å². The Morgan fingerprint density at radius 3 is 2.64 bits per heavy atom. The van der Waals surface area contributed by atoms with E-state index in [4.69, 9.17) is 5.73 Å². The summed E-state index contributed by atoms with van der Waals surface area (Å²) in [6.07, 6.45) is 0. The molecule has 0 fully saturated rings. The Morgan fingerprint density at radius 1 is 1.55 bits per heavy atom. The van der Waals surface area contributed by atoms with Crippen LogP contribution < -0.4 is 5.73 Å². The number of carbonyl (C=O) groups excluding carboxylic acids is 1. The summed E-state index contributed by atoms with van der Waals surface area (Å²) in [6, 6.07) is 4.13. The van der Waals surface area contributed by atoms with E-state index in [-0.39, 0.29) is 5.56 Å². The predicted molar refractivity (Wildman–Crippen MR) is 47.6 cm³/mol. The van der Waals surface area contributed by atoms with E-state index in [0.717, 1.165) is 6.07 Å². The molecule has 1 amide bonds. The van der Waals surface area contributed by atoms with Crippen molar-refractivity contribution in [2.24, 2.45) is 5.73 Å². The third kappa shape index (κ3) is 1.89. The molecular formula is C7H5FINO. The van der Waals surface area contributed by atoms with Crippen molar-refractivity contribution in [2.75, 3.05) is 0 Å². The smallest absolute Gasteiger partial charge is 0.248 e. The van der Waals surface area contributed by atoms with Gasteiger partial charge in [0.2, 0.25) is 5.91 Å². The van der Waals surface area contributed by atoms with Crippen molar-refractivity contribution in [3.8, 4) is 0 Å². The molecular weight excluding hydrogens is 260 g/mol. The van der Waals surface area contributed by atoms with Crippen molar-refractivity contribution in [1.82, 2.24) is 0 Å². The summed E-state index contributed by atoms with van der Waals surface area (Å²) in [7, 11) is 0. The molecule has 0 aliphatic heterocycles. The Bertz CT molecular complexity index is 300. The molecule has 2 nitrogen and oxygen atoms in total. The number of nitrogens with two attached hydrogens (primary N) is 1. The molecule has 11 heavy (non-hydrogen) atoms. The summed E-state index contributed by atoms with van der Waals surface area (Å²) >= 11 is 1.84. The highest BCUT2D eigenvalue weighted by Crippen LogP contribution is 2.11. The van der Waals surface area contributed by atoms with Gasteiger partial charge in [-0.2, -0.15) is 0 Å². The Kier molecular flexibility index (Phi) is 2.43. The summed E-state index contributed by atoms with van der Waals surface area (Å²) < 4.78 is 13.2. The standard InChI is InChI=1S/C7H5FINO/c8-5-3-4(7(10)11)1-2-6(5)9/h1-3H,(H2,10,11). The number of hydrogen-bond donors (Lipinski definition) is 1. The third-order valence-electron chi connectivity index (χ3n) is 1.20. The van der Waals surface area contributed by atoms with Crippen LogP contribution in [0.5, 0.6) is 0 Å². The fraction of sp³-hybridized carbons (Fsp3) is 0. The zero-order chi connectivity index (χ0) is 8.43. The van der Waals surface area contributed by atoms with Gasteiger partial charge >= 0.3 is 0 Å². The van der Waals surface area contributed by atoms with Gasteiger partial charge in [0, 0.05) is 9.13 Å². The summed E-state index contributed by atoms with van der Waals surface area (Å²) in [5.74, 6) is -1.03. The number of carbonyl (C=O) groups is 1. The Hall–Kier alpha value is -0.650. The highest BCUT2D eigenvalue weighted by atomic mass is 127. The first-order valence-electron chi connectivity index (χ1n) is 2.86. The van der Waals surface area contributed by atoms with Gasteiger partial charge in [0.25, 0.3) is 0 Å². The van der Waals surface area contributed by atoms with Crippen molar-refractivity contribution in [1.29, 1.82) is 0 Å². The van der Waals surface area contributed by atoms with E-state index in [0.29, 0.717) is 3.57 Å². The van der Waals surface area contributed by atoms with Crippen molar-refractivity contribution >= 4 is 28.5 Å². The normalized spacial score (nSPS) is 9.64. The van der Waals surface area contributed by atoms with Crippen LogP contribution in [0.15, 0.2) is 18.2 Å². The predicted octanol–water partition coefficient (Wildman–Crippen LogP) is 1.53. The van der Waals surface area contributed by atoms with Crippen molar-refractivity contribution in [3.05, 3.63) is 33.1 Å². The molecule has 0 aromatic heterocycles. The number of hydrogen-bond acceptors (Lipinski definition) is 1. The number of benzene rings is 1. The quantitative estimate of drug-likeness (QED) is 0.769. The highest BCUT2D eigenvalue weighted by molar-refractivity contribution is 14.1. The van der Waals surface area contributed by atoms with Crippen LogP contribution in [0.2, 0.25) is 0 Å². The second-order valence-electron chi connectivity index (χ2n) is 1.99. The number of halogens is 2. The van der Waals surface area contributed by atoms with Gasteiger partial charge in [0.15, 0.2) is 0 Å². The van der Waals surface area contributed by atoms with Gasteiger partial charge in [-0.05, 0) is 40.8 Å². The van der Waals surface area contributed by atoms with E-state index in [1.807, 2.05) is 22.6 Å². The van der Waals surface area contributed by atoms with Crippen LogP contribution in [0.25, 0.3) is 0 Å². The average molecular weight is 265 g/mol. The number of primary amides is 1. The Morgan fingerprint density at radius 2 is 2.18 bits per heavy atom. The van der Waals surface area contributed by atoms with E-state index in [1.165, 1.54) is 12.1 Å². The van der Waals surface area contributed by atoms with Crippen LogP contribution in [0.4, 0.5) is 4.39 Å². The van der Waals surface area contributed by atoms with E-state index in [1.54, 1.807) is 0 Å². The molecule has 0 aliphatic rings. The van der Waals surface area contributed by atoms with Crippen molar-refractivity contribution in [3.63, 3.8) is 0 Å². The lowest BCUT2D eigenvalue weighted by atomic mass is 10.2. The second kappa shape index (κ2) is 3.17. The summed E-state index contributed by atoms with van der Waals surface area (Å²) in [6.45, 7) is 0. The number of amides is 1. The second-order valence-corrected chi connectivity index (χ2v) is 3.16. The minimum atomic E-state index is -0.611. The maximum atomic E-state index is 12.7. The maximum absolute atomic E-state index is 12.7. The topological polar surface area (TPSA) is 43.1 Å². The fourth-order valence-electron chi connectivity index (χ4n) is 0.649. The molecule has 0 unspecified atom stereocenters. The average Bonchev–Trinajstić information content (AvgIpc) is 1.94. The largest absolute Gasteiger partial charge is 0.366 e. The molecule has 1 aromatic rings. The van der Waals surface area contributed by atoms with Gasteiger partial charge in [-0.3, -0.25) is 4.79 Å².